The smallest absolute Gasteiger partial charge is 0.0725 e. The van der Waals surface area contributed by atoms with Crippen LogP contribution in [-0.2, 0) is 5.41 Å². The van der Waals surface area contributed by atoms with E-state index < -0.39 is 0 Å². The number of benzene rings is 3. The first-order valence-electron chi connectivity index (χ1n) is 14.1. The van der Waals surface area contributed by atoms with Gasteiger partial charge in [0.15, 0.2) is 0 Å². The second kappa shape index (κ2) is 13.6. The van der Waals surface area contributed by atoms with Gasteiger partial charge in [-0.1, -0.05) is 146 Å². The van der Waals surface area contributed by atoms with Gasteiger partial charge in [-0.25, -0.2) is 0 Å². The van der Waals surface area contributed by atoms with Gasteiger partial charge in [0, 0.05) is 0 Å². The molecule has 1 atom stereocenters. The summed E-state index contributed by atoms with van der Waals surface area (Å²) in [5, 5.41) is 0. The summed E-state index contributed by atoms with van der Waals surface area (Å²) in [6, 6.07) is 26.1. The highest BCUT2D eigenvalue weighted by Crippen LogP contribution is 2.62. The number of hydrogen-bond donors (Lipinski definition) is 0. The van der Waals surface area contributed by atoms with E-state index in [1.165, 1.54) is 61.2 Å². The average molecular weight is 523 g/mol. The Hall–Kier alpha value is -4.34. The normalized spacial score (nSPS) is 17.1. The van der Waals surface area contributed by atoms with E-state index in [2.05, 4.69) is 132 Å². The van der Waals surface area contributed by atoms with Crippen LogP contribution in [0.5, 0.6) is 0 Å². The third kappa shape index (κ3) is 5.38. The molecule has 0 fully saturated rings. The van der Waals surface area contributed by atoms with Crippen LogP contribution in [-0.4, -0.2) is 0 Å². The topological polar surface area (TPSA) is 0 Å². The molecule has 0 nitrogen and oxygen atoms in total. The number of allylic oxidation sites excluding steroid dienone is 11. The molecule has 0 radical (unpaired) electrons. The van der Waals surface area contributed by atoms with E-state index in [1.54, 1.807) is 0 Å². The monoisotopic (exact) mass is 522 g/mol. The van der Waals surface area contributed by atoms with Crippen molar-refractivity contribution in [3.05, 3.63) is 166 Å². The summed E-state index contributed by atoms with van der Waals surface area (Å²) in [5.41, 5.74) is 14.4. The van der Waals surface area contributed by atoms with E-state index in [4.69, 9.17) is 0 Å². The van der Waals surface area contributed by atoms with Crippen LogP contribution in [0.3, 0.4) is 0 Å². The van der Waals surface area contributed by atoms with Crippen molar-refractivity contribution in [3.63, 3.8) is 0 Å². The van der Waals surface area contributed by atoms with E-state index in [-0.39, 0.29) is 5.41 Å². The van der Waals surface area contributed by atoms with Crippen molar-refractivity contribution < 1.29 is 0 Å². The van der Waals surface area contributed by atoms with Crippen molar-refractivity contribution in [2.75, 3.05) is 0 Å². The molecule has 0 N–H and O–H groups in total. The van der Waals surface area contributed by atoms with Gasteiger partial charge in [-0.05, 0) is 78.7 Å². The SMILES string of the molecule is C#C.C=CC1=C(C=C(C)C)C2(C3=C(C=CCC=C3)c3ccc(C)cc32)c2ccccc21.CC.Cc1ccccc1. The van der Waals surface area contributed by atoms with Crippen LogP contribution in [0.1, 0.15) is 67.5 Å². The molecule has 1 spiro atoms. The summed E-state index contributed by atoms with van der Waals surface area (Å²) in [6.45, 7) is 16.9. The molecule has 6 rings (SSSR count). The zero-order valence-corrected chi connectivity index (χ0v) is 25.0. The summed E-state index contributed by atoms with van der Waals surface area (Å²) >= 11 is 0. The molecule has 3 aliphatic carbocycles. The number of terminal acetylenes is 1. The first-order valence-corrected chi connectivity index (χ1v) is 14.1. The molecule has 0 aromatic heterocycles. The van der Waals surface area contributed by atoms with E-state index in [0.717, 1.165) is 6.42 Å². The van der Waals surface area contributed by atoms with Crippen molar-refractivity contribution in [2.24, 2.45) is 0 Å². The number of rotatable bonds is 2. The number of aryl methyl sites for hydroxylation is 2. The van der Waals surface area contributed by atoms with Crippen LogP contribution < -0.4 is 0 Å². The molecule has 0 bridgehead atoms. The molecule has 0 heteroatoms. The quantitative estimate of drug-likeness (QED) is 0.294. The van der Waals surface area contributed by atoms with E-state index in [9.17, 15) is 0 Å². The molecule has 3 aromatic carbocycles. The summed E-state index contributed by atoms with van der Waals surface area (Å²) in [6.07, 6.45) is 22.7. The van der Waals surface area contributed by atoms with Crippen molar-refractivity contribution in [2.45, 2.75) is 53.4 Å². The minimum atomic E-state index is -0.279. The van der Waals surface area contributed by atoms with Crippen LogP contribution in [0.25, 0.3) is 11.1 Å². The van der Waals surface area contributed by atoms with Crippen molar-refractivity contribution in [3.8, 4) is 12.8 Å². The lowest BCUT2D eigenvalue weighted by molar-refractivity contribution is 0.775. The van der Waals surface area contributed by atoms with Gasteiger partial charge in [0.2, 0.25) is 0 Å². The van der Waals surface area contributed by atoms with Gasteiger partial charge in [0.05, 0.1) is 5.41 Å². The molecule has 3 aliphatic rings. The molecule has 0 heterocycles. The maximum absolute atomic E-state index is 4.21. The Morgan fingerprint density at radius 3 is 2.05 bits per heavy atom. The van der Waals surface area contributed by atoms with Crippen molar-refractivity contribution >= 4 is 11.1 Å². The Morgan fingerprint density at radius 2 is 1.43 bits per heavy atom. The van der Waals surface area contributed by atoms with Crippen LogP contribution >= 0.6 is 0 Å². The highest BCUT2D eigenvalue weighted by atomic mass is 14.5. The zero-order valence-electron chi connectivity index (χ0n) is 25.0. The second-order valence-electron chi connectivity index (χ2n) is 10.1. The van der Waals surface area contributed by atoms with Crippen molar-refractivity contribution in [1.29, 1.82) is 0 Å². The molecule has 0 amide bonds. The molecular formula is C40H42. The van der Waals surface area contributed by atoms with E-state index >= 15 is 0 Å². The Balaban J connectivity index is 0.000000343. The summed E-state index contributed by atoms with van der Waals surface area (Å²) in [4.78, 5) is 0. The van der Waals surface area contributed by atoms with Gasteiger partial charge >= 0.3 is 0 Å². The summed E-state index contributed by atoms with van der Waals surface area (Å²) in [7, 11) is 0. The van der Waals surface area contributed by atoms with Gasteiger partial charge in [-0.2, -0.15) is 0 Å². The molecule has 3 aromatic rings. The van der Waals surface area contributed by atoms with Crippen LogP contribution in [0.4, 0.5) is 0 Å². The van der Waals surface area contributed by atoms with Gasteiger partial charge < -0.3 is 0 Å². The maximum Gasteiger partial charge on any atom is 0.0725 e. The molecule has 0 saturated heterocycles. The van der Waals surface area contributed by atoms with E-state index in [0.29, 0.717) is 0 Å². The zero-order chi connectivity index (χ0) is 29.3. The predicted molar refractivity (Wildman–Crippen MR) is 177 cm³/mol. The Morgan fingerprint density at radius 1 is 0.775 bits per heavy atom. The Kier molecular flexibility index (Phi) is 10.3. The van der Waals surface area contributed by atoms with Gasteiger partial charge in [0.1, 0.15) is 0 Å². The third-order valence-corrected chi connectivity index (χ3v) is 7.30. The van der Waals surface area contributed by atoms with Gasteiger partial charge in [-0.3, -0.25) is 0 Å². The van der Waals surface area contributed by atoms with Crippen LogP contribution in [0.15, 0.2) is 133 Å². The largest absolute Gasteiger partial charge is 0.124 e. The van der Waals surface area contributed by atoms with Gasteiger partial charge in [-0.15, -0.1) is 12.8 Å². The maximum atomic E-state index is 4.21. The van der Waals surface area contributed by atoms with Crippen LogP contribution in [0.2, 0.25) is 0 Å². The first-order chi connectivity index (χ1) is 19.5. The molecule has 1 unspecified atom stereocenters. The summed E-state index contributed by atoms with van der Waals surface area (Å²) in [5.74, 6) is 0. The molecule has 0 aliphatic heterocycles. The van der Waals surface area contributed by atoms with Crippen molar-refractivity contribution in [1.82, 2.24) is 0 Å². The lowest BCUT2D eigenvalue weighted by Crippen LogP contribution is -2.28. The first kappa shape index (κ1) is 30.2. The lowest BCUT2D eigenvalue weighted by atomic mass is 9.68. The fraction of sp³-hybridized carbons (Fsp3) is 0.200. The second-order valence-corrected chi connectivity index (χ2v) is 10.1. The Bertz CT molecular complexity index is 1530. The number of hydrogen-bond acceptors (Lipinski definition) is 0. The van der Waals surface area contributed by atoms with E-state index in [1.807, 2.05) is 38.1 Å². The Labute approximate surface area is 242 Å². The lowest BCUT2D eigenvalue weighted by Gasteiger charge is -2.33. The third-order valence-electron chi connectivity index (χ3n) is 7.30. The average Bonchev–Trinajstić information content (AvgIpc) is 3.24. The standard InChI is InChI=1S/C29H26.C7H8.C2H6.C2H2/c1-5-21-22-12-9-10-14-25(22)29(27(21)17-19(2)3)26-13-8-6-7-11-23(26)24-16-15-20(4)18-28(24)29;1-7-5-3-2-4-6-7;2*1-2/h5,7-18H,1,6H2,2-4H3;2-6H,1H3;1-2H3;1-2H. The fourth-order valence-electron chi connectivity index (χ4n) is 5.89. The molecule has 0 saturated carbocycles. The molecule has 40 heavy (non-hydrogen) atoms. The number of fused-ring (bicyclic) bond motifs is 6. The summed E-state index contributed by atoms with van der Waals surface area (Å²) < 4.78 is 0. The predicted octanol–water partition coefficient (Wildman–Crippen LogP) is 10.8. The minimum Gasteiger partial charge on any atom is -0.124 e. The fourth-order valence-corrected chi connectivity index (χ4v) is 5.89. The highest BCUT2D eigenvalue weighted by Gasteiger charge is 2.52. The van der Waals surface area contributed by atoms with Gasteiger partial charge in [0.25, 0.3) is 0 Å². The minimum absolute atomic E-state index is 0.279. The highest BCUT2D eigenvalue weighted by molar-refractivity contribution is 6.00. The van der Waals surface area contributed by atoms with Crippen LogP contribution in [0, 0.1) is 26.7 Å². The molecule has 202 valence electrons. The molecular weight excluding hydrogens is 480 g/mol.